The van der Waals surface area contributed by atoms with E-state index in [1.54, 1.807) is 0 Å². The van der Waals surface area contributed by atoms with E-state index in [0.29, 0.717) is 12.3 Å². The van der Waals surface area contributed by atoms with Crippen LogP contribution in [0.3, 0.4) is 0 Å². The second-order valence-corrected chi connectivity index (χ2v) is 4.65. The Balaban J connectivity index is 1.84. The van der Waals surface area contributed by atoms with Gasteiger partial charge in [0.05, 0.1) is 0 Å². The normalized spacial score (nSPS) is 25.3. The van der Waals surface area contributed by atoms with Crippen molar-refractivity contribution in [2.24, 2.45) is 0 Å². The zero-order valence-electron chi connectivity index (χ0n) is 8.70. The Morgan fingerprint density at radius 2 is 1.87 bits per heavy atom. The average Bonchev–Trinajstić information content (AvgIpc) is 3.02. The van der Waals surface area contributed by atoms with E-state index in [0.717, 1.165) is 12.5 Å². The lowest BCUT2D eigenvalue weighted by Crippen LogP contribution is -2.13. The molecule has 1 unspecified atom stereocenters. The van der Waals surface area contributed by atoms with Crippen LogP contribution in [0.25, 0.3) is 0 Å². The van der Waals surface area contributed by atoms with Crippen LogP contribution in [0.2, 0.25) is 0 Å². The zero-order valence-corrected chi connectivity index (χ0v) is 8.70. The van der Waals surface area contributed by atoms with E-state index in [9.17, 15) is 4.79 Å². The molecule has 1 amide bonds. The van der Waals surface area contributed by atoms with E-state index in [1.807, 2.05) is 0 Å². The summed E-state index contributed by atoms with van der Waals surface area (Å²) < 4.78 is 0. The van der Waals surface area contributed by atoms with Crippen molar-refractivity contribution in [3.05, 3.63) is 35.4 Å². The molecule has 2 nitrogen and oxygen atoms in total. The van der Waals surface area contributed by atoms with Crippen LogP contribution in [0.15, 0.2) is 24.3 Å². The highest BCUT2D eigenvalue weighted by Gasteiger charge is 2.26. The maximum absolute atomic E-state index is 11.1. The summed E-state index contributed by atoms with van der Waals surface area (Å²) in [5, 5.41) is 2.89. The number of benzene rings is 1. The lowest BCUT2D eigenvalue weighted by molar-refractivity contribution is -0.119. The highest BCUT2D eigenvalue weighted by molar-refractivity contribution is 5.79. The van der Waals surface area contributed by atoms with Crippen molar-refractivity contribution < 1.29 is 4.79 Å². The van der Waals surface area contributed by atoms with E-state index in [4.69, 9.17) is 0 Å². The Morgan fingerprint density at radius 1 is 1.13 bits per heavy atom. The molecule has 0 spiro atoms. The molecule has 2 aliphatic rings. The lowest BCUT2D eigenvalue weighted by Gasteiger charge is -2.09. The predicted molar refractivity (Wildman–Crippen MR) is 58.8 cm³/mol. The zero-order chi connectivity index (χ0) is 10.3. The van der Waals surface area contributed by atoms with Crippen molar-refractivity contribution in [1.29, 1.82) is 0 Å². The second kappa shape index (κ2) is 3.37. The van der Waals surface area contributed by atoms with E-state index >= 15 is 0 Å². The summed E-state index contributed by atoms with van der Waals surface area (Å²) in [4.78, 5) is 11.1. The predicted octanol–water partition coefficient (Wildman–Crippen LogP) is 2.17. The van der Waals surface area contributed by atoms with Crippen LogP contribution in [0.5, 0.6) is 0 Å². The largest absolute Gasteiger partial charge is 0.355 e. The van der Waals surface area contributed by atoms with Crippen molar-refractivity contribution in [1.82, 2.24) is 5.32 Å². The molecule has 2 heteroatoms. The molecule has 15 heavy (non-hydrogen) atoms. The number of rotatable bonds is 2. The van der Waals surface area contributed by atoms with Gasteiger partial charge in [0, 0.05) is 18.9 Å². The summed E-state index contributed by atoms with van der Waals surface area (Å²) >= 11 is 0. The first-order chi connectivity index (χ1) is 7.33. The van der Waals surface area contributed by atoms with Gasteiger partial charge in [0.25, 0.3) is 0 Å². The summed E-state index contributed by atoms with van der Waals surface area (Å²) in [6.45, 7) is 0.812. The van der Waals surface area contributed by atoms with Crippen molar-refractivity contribution in [2.45, 2.75) is 31.1 Å². The van der Waals surface area contributed by atoms with Crippen LogP contribution in [0.4, 0.5) is 0 Å². The van der Waals surface area contributed by atoms with E-state index < -0.39 is 0 Å². The minimum atomic E-state index is 0.192. The monoisotopic (exact) mass is 201 g/mol. The molecule has 0 radical (unpaired) electrons. The molecular formula is C13H15NO. The number of nitrogens with one attached hydrogen (secondary N) is 1. The third-order valence-electron chi connectivity index (χ3n) is 3.41. The van der Waals surface area contributed by atoms with Gasteiger partial charge in [-0.05, 0) is 29.9 Å². The molecular weight excluding hydrogens is 186 g/mol. The molecule has 2 fully saturated rings. The van der Waals surface area contributed by atoms with Gasteiger partial charge in [0.2, 0.25) is 5.91 Å². The van der Waals surface area contributed by atoms with Crippen molar-refractivity contribution in [2.75, 3.05) is 6.54 Å². The topological polar surface area (TPSA) is 29.1 Å². The van der Waals surface area contributed by atoms with Crippen LogP contribution < -0.4 is 5.32 Å². The summed E-state index contributed by atoms with van der Waals surface area (Å²) in [5.74, 6) is 1.39. The summed E-state index contributed by atoms with van der Waals surface area (Å²) in [6.07, 6.45) is 3.34. The van der Waals surface area contributed by atoms with Crippen LogP contribution in [0, 0.1) is 0 Å². The smallest absolute Gasteiger partial charge is 0.220 e. The molecule has 1 aromatic carbocycles. The fraction of sp³-hybridized carbons (Fsp3) is 0.462. The molecule has 0 aromatic heterocycles. The SMILES string of the molecule is O=C1CC(c2cccc(C3CC3)c2)CN1. The first kappa shape index (κ1) is 8.96. The van der Waals surface area contributed by atoms with Gasteiger partial charge in [-0.25, -0.2) is 0 Å². The first-order valence-corrected chi connectivity index (χ1v) is 5.69. The first-order valence-electron chi connectivity index (χ1n) is 5.69. The number of carbonyl (C=O) groups is 1. The van der Waals surface area contributed by atoms with E-state index in [2.05, 4.69) is 29.6 Å². The molecule has 1 aromatic rings. The number of hydrogen-bond donors (Lipinski definition) is 1. The maximum atomic E-state index is 11.1. The molecule has 1 N–H and O–H groups in total. The minimum absolute atomic E-state index is 0.192. The fourth-order valence-corrected chi connectivity index (χ4v) is 2.32. The Bertz CT molecular complexity index is 395. The van der Waals surface area contributed by atoms with Crippen LogP contribution in [-0.4, -0.2) is 12.5 Å². The summed E-state index contributed by atoms with van der Waals surface area (Å²) in [5.41, 5.74) is 2.80. The Labute approximate surface area is 89.7 Å². The lowest BCUT2D eigenvalue weighted by atomic mass is 9.95. The third-order valence-corrected chi connectivity index (χ3v) is 3.41. The molecule has 1 saturated heterocycles. The van der Waals surface area contributed by atoms with Gasteiger partial charge in [-0.1, -0.05) is 24.3 Å². The number of amides is 1. The van der Waals surface area contributed by atoms with Gasteiger partial charge in [-0.3, -0.25) is 4.79 Å². The van der Waals surface area contributed by atoms with E-state index in [1.165, 1.54) is 24.0 Å². The van der Waals surface area contributed by atoms with Gasteiger partial charge < -0.3 is 5.32 Å². The van der Waals surface area contributed by atoms with Crippen molar-refractivity contribution >= 4 is 5.91 Å². The molecule has 3 rings (SSSR count). The summed E-state index contributed by atoms with van der Waals surface area (Å²) in [7, 11) is 0. The van der Waals surface area contributed by atoms with Gasteiger partial charge in [-0.15, -0.1) is 0 Å². The Kier molecular flexibility index (Phi) is 2.01. The van der Waals surface area contributed by atoms with Crippen molar-refractivity contribution in [3.8, 4) is 0 Å². The Hall–Kier alpha value is -1.31. The highest BCUT2D eigenvalue weighted by atomic mass is 16.1. The van der Waals surface area contributed by atoms with Crippen molar-refractivity contribution in [3.63, 3.8) is 0 Å². The van der Waals surface area contributed by atoms with E-state index in [-0.39, 0.29) is 5.91 Å². The van der Waals surface area contributed by atoms with Crippen LogP contribution >= 0.6 is 0 Å². The second-order valence-electron chi connectivity index (χ2n) is 4.65. The fourth-order valence-electron chi connectivity index (χ4n) is 2.32. The van der Waals surface area contributed by atoms with Crippen LogP contribution in [0.1, 0.15) is 42.2 Å². The number of hydrogen-bond acceptors (Lipinski definition) is 1. The van der Waals surface area contributed by atoms with Gasteiger partial charge in [0.15, 0.2) is 0 Å². The Morgan fingerprint density at radius 3 is 2.47 bits per heavy atom. The molecule has 0 bridgehead atoms. The molecule has 1 aliphatic carbocycles. The highest BCUT2D eigenvalue weighted by Crippen LogP contribution is 2.41. The average molecular weight is 201 g/mol. The summed E-state index contributed by atoms with van der Waals surface area (Å²) in [6, 6.07) is 8.79. The maximum Gasteiger partial charge on any atom is 0.220 e. The van der Waals surface area contributed by atoms with Gasteiger partial charge >= 0.3 is 0 Å². The third kappa shape index (κ3) is 1.76. The van der Waals surface area contributed by atoms with Gasteiger partial charge in [0.1, 0.15) is 0 Å². The molecule has 1 atom stereocenters. The standard InChI is InChI=1S/C13H15NO/c15-13-7-12(8-14-13)11-3-1-2-10(6-11)9-4-5-9/h1-3,6,9,12H,4-5,7-8H2,(H,14,15). The molecule has 1 aliphatic heterocycles. The quantitative estimate of drug-likeness (QED) is 0.780. The van der Waals surface area contributed by atoms with Gasteiger partial charge in [-0.2, -0.15) is 0 Å². The molecule has 78 valence electrons. The number of carbonyl (C=O) groups excluding carboxylic acids is 1. The molecule has 1 heterocycles. The van der Waals surface area contributed by atoms with Crippen LogP contribution in [-0.2, 0) is 4.79 Å². The minimum Gasteiger partial charge on any atom is -0.355 e. The molecule has 1 saturated carbocycles.